The largest absolute Gasteiger partial charge is 0.494 e. The van der Waals surface area contributed by atoms with E-state index in [0.717, 1.165) is 37.4 Å². The summed E-state index contributed by atoms with van der Waals surface area (Å²) in [5.74, 6) is 0.759. The first-order chi connectivity index (χ1) is 12.8. The topological polar surface area (TPSA) is 50.4 Å². The van der Waals surface area contributed by atoms with Crippen molar-refractivity contribution >= 4 is 11.6 Å². The molecule has 0 aliphatic carbocycles. The van der Waals surface area contributed by atoms with Gasteiger partial charge in [-0.1, -0.05) is 62.6 Å². The number of carbonyl (C=O) groups is 1. The Morgan fingerprint density at radius 1 is 1.00 bits per heavy atom. The fraction of sp³-hybridized carbons (Fsp3) is 0.409. The van der Waals surface area contributed by atoms with Gasteiger partial charge >= 0.3 is 0 Å². The van der Waals surface area contributed by atoms with Gasteiger partial charge in [0.2, 0.25) is 5.91 Å². The molecule has 0 radical (unpaired) electrons. The highest BCUT2D eigenvalue weighted by molar-refractivity contribution is 5.92. The number of nitrogens with one attached hydrogen (secondary N) is 2. The molecule has 0 saturated heterocycles. The molecule has 4 heteroatoms. The van der Waals surface area contributed by atoms with Crippen LogP contribution in [-0.4, -0.2) is 25.6 Å². The molecule has 2 N–H and O–H groups in total. The molecule has 0 heterocycles. The standard InChI is InChI=1S/C22H30N2O2/c1-2-3-4-8-16-26-21-13-9-12-20(17-21)24-22(25)18-23-15-14-19-10-6-5-7-11-19/h5-7,9-13,17,23H,2-4,8,14-16,18H2,1H3,(H,24,25). The SMILES string of the molecule is CCCCCCOc1cccc(NC(=O)CNCCc2ccccc2)c1. The number of ether oxygens (including phenoxy) is 1. The maximum absolute atomic E-state index is 12.1. The Hall–Kier alpha value is -2.33. The molecule has 140 valence electrons. The molecular weight excluding hydrogens is 324 g/mol. The first-order valence-electron chi connectivity index (χ1n) is 9.55. The van der Waals surface area contributed by atoms with Crippen molar-refractivity contribution in [2.75, 3.05) is 25.0 Å². The van der Waals surface area contributed by atoms with Gasteiger partial charge in [-0.3, -0.25) is 4.79 Å². The van der Waals surface area contributed by atoms with Crippen LogP contribution in [-0.2, 0) is 11.2 Å². The molecule has 0 fully saturated rings. The smallest absolute Gasteiger partial charge is 0.238 e. The molecular formula is C22H30N2O2. The highest BCUT2D eigenvalue weighted by Gasteiger charge is 2.03. The summed E-state index contributed by atoms with van der Waals surface area (Å²) in [7, 11) is 0. The number of hydrogen-bond donors (Lipinski definition) is 2. The summed E-state index contributed by atoms with van der Waals surface area (Å²) in [5, 5.41) is 6.09. The van der Waals surface area contributed by atoms with Gasteiger partial charge in [-0.2, -0.15) is 0 Å². The molecule has 1 amide bonds. The zero-order valence-corrected chi connectivity index (χ0v) is 15.7. The van der Waals surface area contributed by atoms with Crippen molar-refractivity contribution in [2.45, 2.75) is 39.0 Å². The summed E-state index contributed by atoms with van der Waals surface area (Å²) < 4.78 is 5.76. The monoisotopic (exact) mass is 354 g/mol. The van der Waals surface area contributed by atoms with E-state index in [1.54, 1.807) is 0 Å². The molecule has 0 unspecified atom stereocenters. The van der Waals surface area contributed by atoms with Crippen LogP contribution in [0.25, 0.3) is 0 Å². The first kappa shape index (κ1) is 20.0. The second-order valence-corrected chi connectivity index (χ2v) is 6.40. The van der Waals surface area contributed by atoms with Crippen LogP contribution in [0.1, 0.15) is 38.2 Å². The van der Waals surface area contributed by atoms with Crippen molar-refractivity contribution in [3.05, 3.63) is 60.2 Å². The number of carbonyl (C=O) groups excluding carboxylic acids is 1. The van der Waals surface area contributed by atoms with E-state index in [4.69, 9.17) is 4.74 Å². The Morgan fingerprint density at radius 3 is 2.65 bits per heavy atom. The minimum Gasteiger partial charge on any atom is -0.494 e. The van der Waals surface area contributed by atoms with Crippen LogP contribution in [0.2, 0.25) is 0 Å². The van der Waals surface area contributed by atoms with Crippen molar-refractivity contribution in [1.29, 1.82) is 0 Å². The van der Waals surface area contributed by atoms with Crippen molar-refractivity contribution in [2.24, 2.45) is 0 Å². The molecule has 0 aliphatic heterocycles. The van der Waals surface area contributed by atoms with Crippen LogP contribution in [0.15, 0.2) is 54.6 Å². The summed E-state index contributed by atoms with van der Waals surface area (Å²) in [6.07, 6.45) is 5.64. The molecule has 0 bridgehead atoms. The van der Waals surface area contributed by atoms with Gasteiger partial charge in [0.05, 0.1) is 13.2 Å². The number of rotatable bonds is 12. The zero-order valence-electron chi connectivity index (χ0n) is 15.7. The van der Waals surface area contributed by atoms with Gasteiger partial charge in [0, 0.05) is 11.8 Å². The van der Waals surface area contributed by atoms with Gasteiger partial charge in [-0.15, -0.1) is 0 Å². The maximum atomic E-state index is 12.1. The van der Waals surface area contributed by atoms with E-state index in [-0.39, 0.29) is 5.91 Å². The average molecular weight is 354 g/mol. The molecule has 2 aromatic rings. The number of anilines is 1. The quantitative estimate of drug-likeness (QED) is 0.555. The van der Waals surface area contributed by atoms with Crippen molar-refractivity contribution in [1.82, 2.24) is 5.32 Å². The highest BCUT2D eigenvalue weighted by atomic mass is 16.5. The Morgan fingerprint density at radius 2 is 1.85 bits per heavy atom. The molecule has 0 spiro atoms. The lowest BCUT2D eigenvalue weighted by Gasteiger charge is -2.10. The van der Waals surface area contributed by atoms with E-state index in [1.165, 1.54) is 24.8 Å². The third-order valence-corrected chi connectivity index (χ3v) is 4.10. The Labute approximate surface area is 157 Å². The number of benzene rings is 2. The van der Waals surface area contributed by atoms with Crippen LogP contribution in [0.4, 0.5) is 5.69 Å². The van der Waals surface area contributed by atoms with E-state index in [1.807, 2.05) is 42.5 Å². The van der Waals surface area contributed by atoms with Crippen LogP contribution in [0, 0.1) is 0 Å². The Bertz CT molecular complexity index is 644. The van der Waals surface area contributed by atoms with Gasteiger partial charge in [-0.05, 0) is 37.1 Å². The minimum absolute atomic E-state index is 0.0434. The molecule has 0 saturated carbocycles. The first-order valence-corrected chi connectivity index (χ1v) is 9.55. The lowest BCUT2D eigenvalue weighted by molar-refractivity contribution is -0.115. The fourth-order valence-corrected chi connectivity index (χ4v) is 2.67. The predicted molar refractivity (Wildman–Crippen MR) is 108 cm³/mol. The molecule has 2 aromatic carbocycles. The minimum atomic E-state index is -0.0434. The molecule has 2 rings (SSSR count). The maximum Gasteiger partial charge on any atom is 0.238 e. The van der Waals surface area contributed by atoms with E-state index in [2.05, 4.69) is 29.7 Å². The van der Waals surface area contributed by atoms with E-state index >= 15 is 0 Å². The second kappa shape index (κ2) is 12.1. The normalized spacial score (nSPS) is 10.5. The number of hydrogen-bond acceptors (Lipinski definition) is 3. The highest BCUT2D eigenvalue weighted by Crippen LogP contribution is 2.17. The molecule has 0 aliphatic rings. The third kappa shape index (κ3) is 8.17. The molecule has 4 nitrogen and oxygen atoms in total. The van der Waals surface area contributed by atoms with Crippen LogP contribution >= 0.6 is 0 Å². The van der Waals surface area contributed by atoms with E-state index < -0.39 is 0 Å². The van der Waals surface area contributed by atoms with Crippen LogP contribution in [0.5, 0.6) is 5.75 Å². The lowest BCUT2D eigenvalue weighted by Crippen LogP contribution is -2.29. The molecule has 26 heavy (non-hydrogen) atoms. The summed E-state index contributed by atoms with van der Waals surface area (Å²) >= 11 is 0. The van der Waals surface area contributed by atoms with Crippen molar-refractivity contribution < 1.29 is 9.53 Å². The third-order valence-electron chi connectivity index (χ3n) is 4.10. The van der Waals surface area contributed by atoms with Gasteiger partial charge in [0.1, 0.15) is 5.75 Å². The van der Waals surface area contributed by atoms with Gasteiger partial charge in [0.15, 0.2) is 0 Å². The Kier molecular flexibility index (Phi) is 9.30. The van der Waals surface area contributed by atoms with E-state index in [0.29, 0.717) is 6.54 Å². The summed E-state index contributed by atoms with van der Waals surface area (Å²) in [6, 6.07) is 17.8. The summed E-state index contributed by atoms with van der Waals surface area (Å²) in [5.41, 5.74) is 2.04. The van der Waals surface area contributed by atoms with Gasteiger partial charge in [-0.25, -0.2) is 0 Å². The summed E-state index contributed by atoms with van der Waals surface area (Å²) in [4.78, 5) is 12.1. The average Bonchev–Trinajstić information content (AvgIpc) is 2.66. The number of unbranched alkanes of at least 4 members (excludes halogenated alkanes) is 3. The molecule has 0 aromatic heterocycles. The van der Waals surface area contributed by atoms with Gasteiger partial charge < -0.3 is 15.4 Å². The van der Waals surface area contributed by atoms with Crippen LogP contribution < -0.4 is 15.4 Å². The predicted octanol–water partition coefficient (Wildman–Crippen LogP) is 4.42. The number of amides is 1. The van der Waals surface area contributed by atoms with Crippen molar-refractivity contribution in [3.63, 3.8) is 0 Å². The van der Waals surface area contributed by atoms with Gasteiger partial charge in [0.25, 0.3) is 0 Å². The van der Waals surface area contributed by atoms with Crippen molar-refractivity contribution in [3.8, 4) is 5.75 Å². The molecule has 0 atom stereocenters. The zero-order chi connectivity index (χ0) is 18.5. The lowest BCUT2D eigenvalue weighted by atomic mass is 10.1. The van der Waals surface area contributed by atoms with E-state index in [9.17, 15) is 4.79 Å². The second-order valence-electron chi connectivity index (χ2n) is 6.40. The summed E-state index contributed by atoms with van der Waals surface area (Å²) in [6.45, 7) is 4.00. The Balaban J connectivity index is 1.65. The fourth-order valence-electron chi connectivity index (χ4n) is 2.67. The van der Waals surface area contributed by atoms with Crippen LogP contribution in [0.3, 0.4) is 0 Å².